The van der Waals surface area contributed by atoms with Gasteiger partial charge in [-0.05, 0) is 48.9 Å². The highest BCUT2D eigenvalue weighted by Crippen LogP contribution is 2.21. The van der Waals surface area contributed by atoms with Gasteiger partial charge in [0.1, 0.15) is 4.88 Å². The molecular weight excluding hydrogens is 384 g/mol. The van der Waals surface area contributed by atoms with E-state index in [2.05, 4.69) is 14.3 Å². The molecule has 0 spiro atoms. The van der Waals surface area contributed by atoms with Gasteiger partial charge in [-0.2, -0.15) is 0 Å². The van der Waals surface area contributed by atoms with Gasteiger partial charge < -0.3 is 4.90 Å². The third-order valence-corrected chi connectivity index (χ3v) is 6.44. The van der Waals surface area contributed by atoms with Crippen molar-refractivity contribution in [2.24, 2.45) is 5.92 Å². The van der Waals surface area contributed by atoms with Crippen LogP contribution in [-0.4, -0.2) is 48.4 Å². The van der Waals surface area contributed by atoms with E-state index in [4.69, 9.17) is 0 Å². The Morgan fingerprint density at radius 3 is 2.63 bits per heavy atom. The van der Waals surface area contributed by atoms with Gasteiger partial charge in [-0.3, -0.25) is 4.79 Å². The highest BCUT2D eigenvalue weighted by molar-refractivity contribution is 7.92. The summed E-state index contributed by atoms with van der Waals surface area (Å²) in [7, 11) is -3.48. The quantitative estimate of drug-likeness (QED) is 0.795. The number of rotatable bonds is 6. The van der Waals surface area contributed by atoms with Gasteiger partial charge in [0.2, 0.25) is 10.0 Å². The highest BCUT2D eigenvalue weighted by Gasteiger charge is 2.26. The van der Waals surface area contributed by atoms with Crippen LogP contribution in [0.2, 0.25) is 0 Å². The van der Waals surface area contributed by atoms with Crippen LogP contribution in [0, 0.1) is 12.8 Å². The van der Waals surface area contributed by atoms with Gasteiger partial charge in [0.05, 0.1) is 5.69 Å². The molecule has 144 valence electrons. The smallest absolute Gasteiger partial charge is 0.267 e. The van der Waals surface area contributed by atoms with Crippen molar-refractivity contribution in [1.82, 2.24) is 19.2 Å². The second kappa shape index (κ2) is 8.73. The molecule has 0 radical (unpaired) electrons. The predicted octanol–water partition coefficient (Wildman–Crippen LogP) is 2.29. The average molecular weight is 407 g/mol. The summed E-state index contributed by atoms with van der Waals surface area (Å²) < 4.78 is 30.7. The van der Waals surface area contributed by atoms with Gasteiger partial charge in [-0.15, -0.1) is 5.10 Å². The van der Waals surface area contributed by atoms with Crippen molar-refractivity contribution in [2.45, 2.75) is 19.8 Å². The van der Waals surface area contributed by atoms with Crippen LogP contribution in [0.5, 0.6) is 0 Å². The van der Waals surface area contributed by atoms with E-state index in [0.717, 1.165) is 29.9 Å². The molecule has 0 aliphatic carbocycles. The molecule has 1 aliphatic heterocycles. The molecule has 0 atom stereocenters. The lowest BCUT2D eigenvalue weighted by Gasteiger charge is -2.31. The van der Waals surface area contributed by atoms with Crippen molar-refractivity contribution >= 4 is 33.5 Å². The topological polar surface area (TPSA) is 92.3 Å². The number of sulfonamides is 1. The van der Waals surface area contributed by atoms with E-state index in [0.29, 0.717) is 30.2 Å². The number of carbonyl (C=O) groups excluding carboxylic acids is 1. The number of hydrogen-bond donors (Lipinski definition) is 1. The van der Waals surface area contributed by atoms with Gasteiger partial charge in [0, 0.05) is 25.0 Å². The molecule has 0 bridgehead atoms. The first kappa shape index (κ1) is 19.7. The Hall–Kier alpha value is -2.10. The predicted molar refractivity (Wildman–Crippen MR) is 106 cm³/mol. The Balaban J connectivity index is 1.47. The van der Waals surface area contributed by atoms with Crippen LogP contribution in [0.4, 0.5) is 0 Å². The average Bonchev–Trinajstić information content (AvgIpc) is 3.11. The van der Waals surface area contributed by atoms with Gasteiger partial charge in [-0.1, -0.05) is 34.8 Å². The number of piperidine rings is 1. The molecule has 2 heterocycles. The van der Waals surface area contributed by atoms with Crippen LogP contribution in [0.3, 0.4) is 0 Å². The standard InChI is InChI=1S/C18H22N4O3S2/c1-14-17(26-21-20-14)18(23)22-10-7-16(8-11-22)13-19-27(24,25)12-9-15-5-3-2-4-6-15/h2-6,9,12,16,19H,7-8,10-11,13H2,1H3/b12-9+. The van der Waals surface area contributed by atoms with E-state index in [9.17, 15) is 13.2 Å². The number of aryl methyl sites for hydroxylation is 1. The third kappa shape index (κ3) is 5.44. The van der Waals surface area contributed by atoms with Crippen LogP contribution in [0.25, 0.3) is 6.08 Å². The maximum Gasteiger partial charge on any atom is 0.267 e. The van der Waals surface area contributed by atoms with Crippen LogP contribution < -0.4 is 4.72 Å². The molecule has 1 saturated heterocycles. The maximum atomic E-state index is 12.5. The van der Waals surface area contributed by atoms with E-state index in [1.807, 2.05) is 30.3 Å². The zero-order valence-corrected chi connectivity index (χ0v) is 16.7. The Morgan fingerprint density at radius 2 is 2.00 bits per heavy atom. The minimum atomic E-state index is -3.48. The van der Waals surface area contributed by atoms with Crippen LogP contribution in [0.1, 0.15) is 33.8 Å². The molecule has 1 N–H and O–H groups in total. The molecule has 1 amide bonds. The second-order valence-electron chi connectivity index (χ2n) is 6.53. The summed E-state index contributed by atoms with van der Waals surface area (Å²) >= 11 is 1.12. The Morgan fingerprint density at radius 1 is 1.30 bits per heavy atom. The van der Waals surface area contributed by atoms with Crippen molar-refractivity contribution < 1.29 is 13.2 Å². The lowest BCUT2D eigenvalue weighted by molar-refractivity contribution is 0.0696. The van der Waals surface area contributed by atoms with Crippen LogP contribution in [0.15, 0.2) is 35.7 Å². The summed E-state index contributed by atoms with van der Waals surface area (Å²) in [6.45, 7) is 3.39. The van der Waals surface area contributed by atoms with Crippen molar-refractivity contribution in [2.75, 3.05) is 19.6 Å². The largest absolute Gasteiger partial charge is 0.338 e. The number of benzene rings is 1. The Bertz CT molecular complexity index is 902. The van der Waals surface area contributed by atoms with Gasteiger partial charge in [0.25, 0.3) is 5.91 Å². The molecule has 3 rings (SSSR count). The molecule has 0 saturated carbocycles. The van der Waals surface area contributed by atoms with E-state index in [1.165, 1.54) is 5.41 Å². The fourth-order valence-electron chi connectivity index (χ4n) is 2.93. The normalized spacial score (nSPS) is 16.1. The van der Waals surface area contributed by atoms with Crippen molar-refractivity contribution in [1.29, 1.82) is 0 Å². The van der Waals surface area contributed by atoms with E-state index in [-0.39, 0.29) is 11.8 Å². The molecule has 7 nitrogen and oxygen atoms in total. The molecule has 1 aliphatic rings. The SMILES string of the molecule is Cc1nnsc1C(=O)N1CCC(CNS(=O)(=O)/C=C/c2ccccc2)CC1. The van der Waals surface area contributed by atoms with E-state index < -0.39 is 10.0 Å². The summed E-state index contributed by atoms with van der Waals surface area (Å²) in [5.41, 5.74) is 1.49. The second-order valence-corrected chi connectivity index (χ2v) is 8.93. The van der Waals surface area contributed by atoms with Crippen molar-refractivity contribution in [3.8, 4) is 0 Å². The van der Waals surface area contributed by atoms with Crippen molar-refractivity contribution in [3.63, 3.8) is 0 Å². The molecule has 9 heteroatoms. The molecule has 1 aromatic heterocycles. The summed E-state index contributed by atoms with van der Waals surface area (Å²) in [5.74, 6) is 0.182. The molecule has 2 aromatic rings. The van der Waals surface area contributed by atoms with Crippen molar-refractivity contribution in [3.05, 3.63) is 51.9 Å². The first-order valence-electron chi connectivity index (χ1n) is 8.75. The number of aromatic nitrogens is 2. The van der Waals surface area contributed by atoms with Crippen LogP contribution >= 0.6 is 11.5 Å². The molecule has 0 unspecified atom stereocenters. The third-order valence-electron chi connectivity index (χ3n) is 4.56. The Kier molecular flexibility index (Phi) is 6.35. The number of nitrogens with one attached hydrogen (secondary N) is 1. The lowest BCUT2D eigenvalue weighted by Crippen LogP contribution is -2.41. The fourth-order valence-corrected chi connectivity index (χ4v) is 4.45. The molecule has 1 aromatic carbocycles. The van der Waals surface area contributed by atoms with Gasteiger partial charge >= 0.3 is 0 Å². The van der Waals surface area contributed by atoms with Gasteiger partial charge in [0.15, 0.2) is 0 Å². The van der Waals surface area contributed by atoms with E-state index >= 15 is 0 Å². The number of nitrogens with zero attached hydrogens (tertiary/aromatic N) is 3. The lowest BCUT2D eigenvalue weighted by atomic mass is 9.97. The number of hydrogen-bond acceptors (Lipinski definition) is 6. The molecular formula is C18H22N4O3S2. The molecule has 27 heavy (non-hydrogen) atoms. The highest BCUT2D eigenvalue weighted by atomic mass is 32.2. The summed E-state index contributed by atoms with van der Waals surface area (Å²) in [6, 6.07) is 9.30. The maximum absolute atomic E-state index is 12.5. The van der Waals surface area contributed by atoms with E-state index in [1.54, 1.807) is 17.9 Å². The zero-order valence-electron chi connectivity index (χ0n) is 15.0. The van der Waals surface area contributed by atoms with Gasteiger partial charge in [-0.25, -0.2) is 13.1 Å². The number of carbonyl (C=O) groups is 1. The first-order valence-corrected chi connectivity index (χ1v) is 11.1. The Labute approximate surface area is 163 Å². The number of amides is 1. The minimum Gasteiger partial charge on any atom is -0.338 e. The summed E-state index contributed by atoms with van der Waals surface area (Å²) in [6.07, 6.45) is 3.11. The molecule has 1 fully saturated rings. The number of likely N-dealkylation sites (tertiary alicyclic amines) is 1. The summed E-state index contributed by atoms with van der Waals surface area (Å²) in [5, 5.41) is 5.08. The zero-order chi connectivity index (χ0) is 19.3. The monoisotopic (exact) mass is 406 g/mol. The minimum absolute atomic E-state index is 0.0349. The summed E-state index contributed by atoms with van der Waals surface area (Å²) in [4.78, 5) is 14.8. The fraction of sp³-hybridized carbons (Fsp3) is 0.389. The first-order chi connectivity index (χ1) is 12.9. The van der Waals surface area contributed by atoms with Crippen LogP contribution in [-0.2, 0) is 10.0 Å².